The van der Waals surface area contributed by atoms with Gasteiger partial charge in [-0.25, -0.2) is 4.68 Å². The van der Waals surface area contributed by atoms with Gasteiger partial charge in [-0.15, -0.1) is 5.10 Å². The predicted molar refractivity (Wildman–Crippen MR) is 80.0 cm³/mol. The smallest absolute Gasteiger partial charge is 0.330 e. The fourth-order valence-electron chi connectivity index (χ4n) is 3.18. The molecule has 5 nitrogen and oxygen atoms in total. The van der Waals surface area contributed by atoms with E-state index in [2.05, 4.69) is 10.3 Å². The summed E-state index contributed by atoms with van der Waals surface area (Å²) >= 11 is 0. The summed E-state index contributed by atoms with van der Waals surface area (Å²) in [6.45, 7) is 2.55. The molecule has 1 saturated heterocycles. The normalized spacial score (nSPS) is 21.3. The van der Waals surface area contributed by atoms with Crippen molar-refractivity contribution < 1.29 is 18.0 Å². The third-order valence-corrected chi connectivity index (χ3v) is 4.47. The van der Waals surface area contributed by atoms with Crippen LogP contribution < -0.4 is 0 Å². The number of amides is 1. The molecular weight excluding hydrogens is 321 g/mol. The standard InChI is InChI=1S/C16H17F3N4O/c1-10-7-8-23(15(24)13-9-20-21-22(13)2)14(10)11-3-5-12(6-4-11)16(17,18)19/h3-6,9-10,14H,7-8H2,1-2H3. The Morgan fingerprint density at radius 2 is 1.92 bits per heavy atom. The van der Waals surface area contributed by atoms with Crippen LogP contribution in [0, 0.1) is 5.92 Å². The fraction of sp³-hybridized carbons (Fsp3) is 0.438. The number of hydrogen-bond acceptors (Lipinski definition) is 3. The quantitative estimate of drug-likeness (QED) is 0.846. The van der Waals surface area contributed by atoms with Gasteiger partial charge in [-0.05, 0) is 30.0 Å². The van der Waals surface area contributed by atoms with Crippen LogP contribution in [0.4, 0.5) is 13.2 Å². The van der Waals surface area contributed by atoms with Crippen molar-refractivity contribution in [2.75, 3.05) is 6.54 Å². The number of benzene rings is 1. The van der Waals surface area contributed by atoms with Crippen molar-refractivity contribution in [3.05, 3.63) is 47.3 Å². The predicted octanol–water partition coefficient (Wildman–Crippen LogP) is 3.06. The molecule has 0 aliphatic carbocycles. The van der Waals surface area contributed by atoms with Gasteiger partial charge >= 0.3 is 6.18 Å². The number of likely N-dealkylation sites (tertiary alicyclic amines) is 1. The zero-order chi connectivity index (χ0) is 17.5. The number of carbonyl (C=O) groups is 1. The number of aryl methyl sites for hydroxylation is 1. The van der Waals surface area contributed by atoms with Gasteiger partial charge in [0.15, 0.2) is 0 Å². The largest absolute Gasteiger partial charge is 0.416 e. The lowest BCUT2D eigenvalue weighted by Gasteiger charge is -2.27. The Balaban J connectivity index is 1.90. The van der Waals surface area contributed by atoms with Crippen molar-refractivity contribution in [2.45, 2.75) is 25.6 Å². The zero-order valence-electron chi connectivity index (χ0n) is 13.3. The molecule has 8 heteroatoms. The second-order valence-corrected chi connectivity index (χ2v) is 6.07. The van der Waals surface area contributed by atoms with E-state index in [-0.39, 0.29) is 17.9 Å². The first kappa shape index (κ1) is 16.5. The zero-order valence-corrected chi connectivity index (χ0v) is 13.3. The minimum atomic E-state index is -4.37. The maximum atomic E-state index is 12.7. The Morgan fingerprint density at radius 3 is 2.46 bits per heavy atom. The first-order chi connectivity index (χ1) is 11.3. The number of carbonyl (C=O) groups excluding carboxylic acids is 1. The van der Waals surface area contributed by atoms with Crippen LogP contribution in [-0.2, 0) is 13.2 Å². The van der Waals surface area contributed by atoms with Crippen molar-refractivity contribution in [3.63, 3.8) is 0 Å². The number of halogens is 3. The summed E-state index contributed by atoms with van der Waals surface area (Å²) < 4.78 is 39.6. The highest BCUT2D eigenvalue weighted by atomic mass is 19.4. The summed E-state index contributed by atoms with van der Waals surface area (Å²) in [4.78, 5) is 14.4. The molecule has 0 N–H and O–H groups in total. The van der Waals surface area contributed by atoms with Crippen LogP contribution in [0.3, 0.4) is 0 Å². The molecule has 2 heterocycles. The minimum Gasteiger partial charge on any atom is -0.330 e. The van der Waals surface area contributed by atoms with Crippen LogP contribution >= 0.6 is 0 Å². The molecule has 0 spiro atoms. The summed E-state index contributed by atoms with van der Waals surface area (Å²) in [7, 11) is 1.63. The molecule has 1 aliphatic rings. The molecule has 2 aromatic rings. The van der Waals surface area contributed by atoms with Gasteiger partial charge in [0, 0.05) is 13.6 Å². The van der Waals surface area contributed by atoms with E-state index in [1.165, 1.54) is 23.0 Å². The van der Waals surface area contributed by atoms with Gasteiger partial charge in [0.25, 0.3) is 5.91 Å². The van der Waals surface area contributed by atoms with Gasteiger partial charge in [0.05, 0.1) is 17.8 Å². The lowest BCUT2D eigenvalue weighted by molar-refractivity contribution is -0.137. The van der Waals surface area contributed by atoms with E-state index in [1.807, 2.05) is 6.92 Å². The Kier molecular flexibility index (Phi) is 4.06. The van der Waals surface area contributed by atoms with E-state index in [0.717, 1.165) is 18.6 Å². The van der Waals surface area contributed by atoms with Gasteiger partial charge in [0.2, 0.25) is 0 Å². The van der Waals surface area contributed by atoms with Gasteiger partial charge in [-0.2, -0.15) is 13.2 Å². The van der Waals surface area contributed by atoms with Crippen LogP contribution in [0.25, 0.3) is 0 Å². The molecule has 3 rings (SSSR count). The maximum Gasteiger partial charge on any atom is 0.416 e. The van der Waals surface area contributed by atoms with E-state index in [4.69, 9.17) is 0 Å². The van der Waals surface area contributed by atoms with Crippen LogP contribution in [0.5, 0.6) is 0 Å². The van der Waals surface area contributed by atoms with E-state index < -0.39 is 11.7 Å². The molecule has 1 amide bonds. The molecule has 24 heavy (non-hydrogen) atoms. The molecule has 0 bridgehead atoms. The van der Waals surface area contributed by atoms with Gasteiger partial charge in [-0.3, -0.25) is 4.79 Å². The Labute approximate surface area is 137 Å². The van der Waals surface area contributed by atoms with Crippen molar-refractivity contribution in [3.8, 4) is 0 Å². The van der Waals surface area contributed by atoms with Gasteiger partial charge in [-0.1, -0.05) is 24.3 Å². The average molecular weight is 338 g/mol. The van der Waals surface area contributed by atoms with Gasteiger partial charge < -0.3 is 4.90 Å². The third kappa shape index (κ3) is 2.88. The molecule has 2 atom stereocenters. The van der Waals surface area contributed by atoms with E-state index in [0.29, 0.717) is 17.8 Å². The Morgan fingerprint density at radius 1 is 1.25 bits per heavy atom. The van der Waals surface area contributed by atoms with Crippen LogP contribution in [0.1, 0.15) is 41.0 Å². The lowest BCUT2D eigenvalue weighted by Crippen LogP contribution is -2.33. The Bertz CT molecular complexity index is 739. The number of hydrogen-bond donors (Lipinski definition) is 0. The first-order valence-corrected chi connectivity index (χ1v) is 7.62. The molecule has 0 radical (unpaired) electrons. The molecule has 128 valence electrons. The van der Waals surface area contributed by atoms with Crippen LogP contribution in [0.15, 0.2) is 30.5 Å². The summed E-state index contributed by atoms with van der Waals surface area (Å²) in [6.07, 6.45) is -2.17. The van der Waals surface area contributed by atoms with Crippen molar-refractivity contribution >= 4 is 5.91 Å². The molecule has 1 aromatic heterocycles. The summed E-state index contributed by atoms with van der Waals surface area (Å²) in [6, 6.07) is 4.78. The van der Waals surface area contributed by atoms with Crippen LogP contribution in [0.2, 0.25) is 0 Å². The maximum absolute atomic E-state index is 12.7. The van der Waals surface area contributed by atoms with Crippen LogP contribution in [-0.4, -0.2) is 32.3 Å². The number of nitrogens with zero attached hydrogens (tertiary/aromatic N) is 4. The fourth-order valence-corrected chi connectivity index (χ4v) is 3.18. The van der Waals surface area contributed by atoms with Crippen molar-refractivity contribution in [1.29, 1.82) is 0 Å². The molecule has 2 unspecified atom stereocenters. The third-order valence-electron chi connectivity index (χ3n) is 4.47. The molecular formula is C16H17F3N4O. The minimum absolute atomic E-state index is 0.159. The molecule has 1 aromatic carbocycles. The summed E-state index contributed by atoms with van der Waals surface area (Å²) in [5.41, 5.74) is 0.378. The second kappa shape index (κ2) is 5.92. The SMILES string of the molecule is CC1CCN(C(=O)c2cnnn2C)C1c1ccc(C(F)(F)F)cc1. The summed E-state index contributed by atoms with van der Waals surface area (Å²) in [5, 5.41) is 7.47. The second-order valence-electron chi connectivity index (χ2n) is 6.07. The highest BCUT2D eigenvalue weighted by Crippen LogP contribution is 2.39. The average Bonchev–Trinajstić information content (AvgIpc) is 3.12. The lowest BCUT2D eigenvalue weighted by atomic mass is 9.94. The number of alkyl halides is 3. The highest BCUT2D eigenvalue weighted by Gasteiger charge is 2.37. The molecule has 1 aliphatic heterocycles. The van der Waals surface area contributed by atoms with E-state index in [9.17, 15) is 18.0 Å². The number of aromatic nitrogens is 3. The van der Waals surface area contributed by atoms with Crippen molar-refractivity contribution in [2.24, 2.45) is 13.0 Å². The molecule has 1 fully saturated rings. The first-order valence-electron chi connectivity index (χ1n) is 7.62. The molecule has 0 saturated carbocycles. The van der Waals surface area contributed by atoms with E-state index in [1.54, 1.807) is 11.9 Å². The summed E-state index contributed by atoms with van der Waals surface area (Å²) in [5.74, 6) is -0.0522. The van der Waals surface area contributed by atoms with Gasteiger partial charge in [0.1, 0.15) is 5.69 Å². The number of rotatable bonds is 2. The van der Waals surface area contributed by atoms with E-state index >= 15 is 0 Å². The highest BCUT2D eigenvalue weighted by molar-refractivity contribution is 5.92. The topological polar surface area (TPSA) is 51.0 Å². The van der Waals surface area contributed by atoms with Crippen molar-refractivity contribution in [1.82, 2.24) is 19.9 Å². The Hall–Kier alpha value is -2.38. The monoisotopic (exact) mass is 338 g/mol.